The van der Waals surface area contributed by atoms with E-state index in [0.29, 0.717) is 5.71 Å². The zero-order valence-electron chi connectivity index (χ0n) is 13.8. The number of nitrogens with zero attached hydrogens (tertiary/aromatic N) is 3. The molecule has 114 valence electrons. The van der Waals surface area contributed by atoms with Gasteiger partial charge in [0.25, 0.3) is 6.85 Å². The molecule has 3 aromatic heterocycles. The van der Waals surface area contributed by atoms with Gasteiger partial charge in [0.1, 0.15) is 11.2 Å². The molecule has 23 heavy (non-hydrogen) atoms. The minimum Gasteiger partial charge on any atom is -0.439 e. The molecule has 3 aromatic rings. The first-order valence-corrected chi connectivity index (χ1v) is 7.84. The van der Waals surface area contributed by atoms with E-state index in [1.807, 2.05) is 19.2 Å². The highest BCUT2D eigenvalue weighted by Crippen LogP contribution is 2.19. The van der Waals surface area contributed by atoms with Gasteiger partial charge in [-0.15, -0.1) is 0 Å². The van der Waals surface area contributed by atoms with Gasteiger partial charge in [-0.05, 0) is 56.1 Å². The van der Waals surface area contributed by atoms with E-state index >= 15 is 0 Å². The Morgan fingerprint density at radius 3 is 2.74 bits per heavy atom. The predicted molar refractivity (Wildman–Crippen MR) is 94.7 cm³/mol. The standard InChI is InChI=1S/C18H18BN3O/c1-11-7-17(20-9-12(11)2)22-10-15-14-6-5-13(3)21-18(14)23-16(15)8-19(22)4/h5-10H,1-4H3. The SMILES string of the molecule is CB1C=c2oc3nc(C)ccc3c2=CN1c1cc(C)c(C)cn1. The van der Waals surface area contributed by atoms with Crippen LogP contribution in [0.15, 0.2) is 28.8 Å². The van der Waals surface area contributed by atoms with Crippen LogP contribution in [0, 0.1) is 20.8 Å². The first kappa shape index (κ1) is 14.1. The van der Waals surface area contributed by atoms with Gasteiger partial charge in [-0.25, -0.2) is 9.97 Å². The Bertz CT molecular complexity index is 1040. The summed E-state index contributed by atoms with van der Waals surface area (Å²) in [7, 11) is 0. The van der Waals surface area contributed by atoms with Crippen molar-refractivity contribution in [2.24, 2.45) is 0 Å². The molecule has 0 spiro atoms. The van der Waals surface area contributed by atoms with Crippen molar-refractivity contribution in [3.8, 4) is 0 Å². The number of rotatable bonds is 1. The number of anilines is 1. The van der Waals surface area contributed by atoms with Crippen LogP contribution in [0.1, 0.15) is 16.8 Å². The van der Waals surface area contributed by atoms with E-state index < -0.39 is 0 Å². The normalized spacial score (nSPS) is 13.7. The molecule has 0 aliphatic carbocycles. The maximum atomic E-state index is 5.92. The van der Waals surface area contributed by atoms with Crippen LogP contribution in [0.25, 0.3) is 23.3 Å². The number of hydrogen-bond donors (Lipinski definition) is 0. The first-order chi connectivity index (χ1) is 11.0. The van der Waals surface area contributed by atoms with Gasteiger partial charge < -0.3 is 9.23 Å². The maximum Gasteiger partial charge on any atom is 0.288 e. The third-order valence-electron chi connectivity index (χ3n) is 4.48. The molecule has 4 nitrogen and oxygen atoms in total. The Kier molecular flexibility index (Phi) is 3.05. The molecule has 1 aliphatic heterocycles. The number of fused-ring (bicyclic) bond motifs is 3. The lowest BCUT2D eigenvalue weighted by molar-refractivity contribution is 0.564. The smallest absolute Gasteiger partial charge is 0.288 e. The highest BCUT2D eigenvalue weighted by atomic mass is 16.3. The summed E-state index contributed by atoms with van der Waals surface area (Å²) in [5.41, 5.74) is 5.01. The van der Waals surface area contributed by atoms with Gasteiger partial charge in [-0.3, -0.25) is 0 Å². The topological polar surface area (TPSA) is 42.2 Å². The molecule has 0 saturated carbocycles. The molecule has 0 aromatic carbocycles. The quantitative estimate of drug-likeness (QED) is 0.647. The van der Waals surface area contributed by atoms with Gasteiger partial charge >= 0.3 is 0 Å². The van der Waals surface area contributed by atoms with E-state index in [-0.39, 0.29) is 6.85 Å². The molecule has 5 heteroatoms. The van der Waals surface area contributed by atoms with Gasteiger partial charge in [-0.1, -0.05) is 6.82 Å². The minimum absolute atomic E-state index is 0.179. The summed E-state index contributed by atoms with van der Waals surface area (Å²) in [5, 5.41) is 2.12. The highest BCUT2D eigenvalue weighted by Gasteiger charge is 2.21. The van der Waals surface area contributed by atoms with Crippen molar-refractivity contribution < 1.29 is 4.42 Å². The van der Waals surface area contributed by atoms with Crippen LogP contribution in [0.3, 0.4) is 0 Å². The average molecular weight is 303 g/mol. The molecule has 4 rings (SSSR count). The van der Waals surface area contributed by atoms with E-state index in [4.69, 9.17) is 4.42 Å². The minimum atomic E-state index is 0.179. The van der Waals surface area contributed by atoms with Gasteiger partial charge in [0.2, 0.25) is 5.71 Å². The molecule has 0 amide bonds. The Balaban J connectivity index is 1.93. The van der Waals surface area contributed by atoms with Gasteiger partial charge in [-0.2, -0.15) is 0 Å². The Morgan fingerprint density at radius 2 is 1.96 bits per heavy atom. The van der Waals surface area contributed by atoms with Crippen molar-refractivity contribution in [1.29, 1.82) is 0 Å². The molecule has 0 radical (unpaired) electrons. The van der Waals surface area contributed by atoms with Crippen molar-refractivity contribution in [2.75, 3.05) is 4.81 Å². The summed E-state index contributed by atoms with van der Waals surface area (Å²) in [6.45, 7) is 8.49. The fourth-order valence-corrected chi connectivity index (χ4v) is 2.95. The van der Waals surface area contributed by atoms with Crippen molar-refractivity contribution in [2.45, 2.75) is 27.6 Å². The van der Waals surface area contributed by atoms with Crippen molar-refractivity contribution in [1.82, 2.24) is 9.97 Å². The van der Waals surface area contributed by atoms with Crippen molar-refractivity contribution in [3.63, 3.8) is 0 Å². The van der Waals surface area contributed by atoms with Gasteiger partial charge in [0.05, 0.1) is 0 Å². The molecule has 0 unspecified atom stereocenters. The zero-order chi connectivity index (χ0) is 16.1. The van der Waals surface area contributed by atoms with Gasteiger partial charge in [0.15, 0.2) is 0 Å². The van der Waals surface area contributed by atoms with Crippen LogP contribution in [-0.2, 0) is 0 Å². The fraction of sp³-hybridized carbons (Fsp3) is 0.222. The predicted octanol–water partition coefficient (Wildman–Crippen LogP) is 2.35. The zero-order valence-corrected chi connectivity index (χ0v) is 13.8. The van der Waals surface area contributed by atoms with Crippen molar-refractivity contribution >= 4 is 35.9 Å². The number of pyridine rings is 2. The second-order valence-corrected chi connectivity index (χ2v) is 6.26. The van der Waals surface area contributed by atoms with Crippen molar-refractivity contribution in [3.05, 3.63) is 51.9 Å². The fourth-order valence-electron chi connectivity index (χ4n) is 2.95. The summed E-state index contributed by atoms with van der Waals surface area (Å²) in [5.74, 6) is 3.08. The Labute approximate surface area is 135 Å². The summed E-state index contributed by atoms with van der Waals surface area (Å²) in [4.78, 5) is 11.3. The third-order valence-corrected chi connectivity index (χ3v) is 4.48. The molecule has 0 bridgehead atoms. The van der Waals surface area contributed by atoms with Crippen LogP contribution in [-0.4, -0.2) is 16.8 Å². The monoisotopic (exact) mass is 303 g/mol. The number of aryl methyl sites for hydroxylation is 3. The lowest BCUT2D eigenvalue weighted by Crippen LogP contribution is -2.42. The van der Waals surface area contributed by atoms with Crippen LogP contribution < -0.4 is 15.4 Å². The Morgan fingerprint density at radius 1 is 1.13 bits per heavy atom. The molecule has 1 aliphatic rings. The molecule has 4 heterocycles. The third kappa shape index (κ3) is 2.24. The largest absolute Gasteiger partial charge is 0.439 e. The molecule has 0 saturated heterocycles. The Hall–Kier alpha value is -2.56. The average Bonchev–Trinajstić information content (AvgIpc) is 2.85. The van der Waals surface area contributed by atoms with E-state index in [2.05, 4.69) is 59.8 Å². The summed E-state index contributed by atoms with van der Waals surface area (Å²) < 4.78 is 5.92. The molecular weight excluding hydrogens is 285 g/mol. The van der Waals surface area contributed by atoms with Crippen LogP contribution in [0.5, 0.6) is 0 Å². The second-order valence-electron chi connectivity index (χ2n) is 6.26. The van der Waals surface area contributed by atoms with E-state index in [1.54, 1.807) is 0 Å². The maximum absolute atomic E-state index is 5.92. The van der Waals surface area contributed by atoms with Gasteiger partial charge in [0, 0.05) is 28.7 Å². The van der Waals surface area contributed by atoms with E-state index in [9.17, 15) is 0 Å². The molecule has 0 N–H and O–H groups in total. The highest BCUT2D eigenvalue weighted by molar-refractivity contribution is 6.77. The lowest BCUT2D eigenvalue weighted by atomic mass is 9.62. The summed E-state index contributed by atoms with van der Waals surface area (Å²) in [6, 6.07) is 6.22. The summed E-state index contributed by atoms with van der Waals surface area (Å²) >= 11 is 0. The summed E-state index contributed by atoms with van der Waals surface area (Å²) in [6.07, 6.45) is 4.05. The van der Waals surface area contributed by atoms with Crippen LogP contribution in [0.2, 0.25) is 6.82 Å². The molecular formula is C18H18BN3O. The number of aromatic nitrogens is 2. The molecule has 0 atom stereocenters. The van der Waals surface area contributed by atoms with Crippen LogP contribution >= 0.6 is 0 Å². The number of hydrogen-bond acceptors (Lipinski definition) is 4. The van der Waals surface area contributed by atoms with Crippen LogP contribution in [0.4, 0.5) is 5.82 Å². The van der Waals surface area contributed by atoms with E-state index in [1.165, 1.54) is 11.1 Å². The first-order valence-electron chi connectivity index (χ1n) is 7.84. The second kappa shape index (κ2) is 4.98. The van der Waals surface area contributed by atoms with E-state index in [0.717, 1.165) is 27.5 Å². The number of furan rings is 1. The molecule has 0 fully saturated rings. The lowest BCUT2D eigenvalue weighted by Gasteiger charge is -2.24.